The van der Waals surface area contributed by atoms with Gasteiger partial charge in [0.15, 0.2) is 6.10 Å². The highest BCUT2D eigenvalue weighted by atomic mass is 31.2. The highest BCUT2D eigenvalue weighted by Gasteiger charge is 2.63. The lowest BCUT2D eigenvalue weighted by atomic mass is 10.1. The van der Waals surface area contributed by atoms with Crippen LogP contribution in [0.3, 0.4) is 0 Å². The van der Waals surface area contributed by atoms with Gasteiger partial charge in [-0.3, -0.25) is 38.4 Å². The van der Waals surface area contributed by atoms with Gasteiger partial charge in [0.2, 0.25) is 6.23 Å². The lowest BCUT2D eigenvalue weighted by Crippen LogP contribution is -2.43. The Labute approximate surface area is 219 Å². The number of aliphatic hydroxyl groups is 1. The molecule has 1 fully saturated rings. The molecule has 21 heteroatoms. The molecule has 3 atom stereocenters. The lowest BCUT2D eigenvalue weighted by molar-refractivity contribution is -0.402. The molecule has 0 saturated carbocycles. The Kier molecular flexibility index (Phi) is 8.10. The van der Waals surface area contributed by atoms with Crippen molar-refractivity contribution in [3.63, 3.8) is 0 Å². The SMILES string of the molecule is Nc1ccn([C@@H]2O[C@H](CO)[C@@H](OP(=O)(OCc3ccc([N+](=O)[O-])o3)OCc3ccc([N+](=O)[O-])o3)C2(F)F)c(=O)n1. The first kappa shape index (κ1) is 28.9. The van der Waals surface area contributed by atoms with Gasteiger partial charge >= 0.3 is 31.2 Å². The fraction of sp³-hybridized carbons (Fsp3) is 0.368. The van der Waals surface area contributed by atoms with Crippen LogP contribution in [-0.4, -0.2) is 49.2 Å². The van der Waals surface area contributed by atoms with E-state index in [1.165, 1.54) is 0 Å². The number of rotatable bonds is 12. The van der Waals surface area contributed by atoms with Gasteiger partial charge in [0, 0.05) is 6.20 Å². The van der Waals surface area contributed by atoms with E-state index < -0.39 is 79.3 Å². The summed E-state index contributed by atoms with van der Waals surface area (Å²) in [6.07, 6.45) is -5.99. The van der Waals surface area contributed by atoms with Gasteiger partial charge in [0.1, 0.15) is 46.5 Å². The van der Waals surface area contributed by atoms with Crippen molar-refractivity contribution in [1.82, 2.24) is 9.55 Å². The van der Waals surface area contributed by atoms with Crippen molar-refractivity contribution in [2.45, 2.75) is 37.6 Å². The summed E-state index contributed by atoms with van der Waals surface area (Å²) in [5.41, 5.74) is 4.15. The van der Waals surface area contributed by atoms with E-state index in [1.54, 1.807) is 0 Å². The summed E-state index contributed by atoms with van der Waals surface area (Å²) in [5.74, 6) is -6.42. The fourth-order valence-corrected chi connectivity index (χ4v) is 4.78. The molecule has 0 unspecified atom stereocenters. The van der Waals surface area contributed by atoms with Crippen molar-refractivity contribution < 1.29 is 55.4 Å². The van der Waals surface area contributed by atoms with E-state index in [4.69, 9.17) is 32.9 Å². The number of aliphatic hydroxyl groups excluding tert-OH is 1. The van der Waals surface area contributed by atoms with Gasteiger partial charge in [-0.25, -0.2) is 9.36 Å². The summed E-state index contributed by atoms with van der Waals surface area (Å²) in [6, 6.07) is 5.05. The Morgan fingerprint density at radius 1 is 1.07 bits per heavy atom. The van der Waals surface area contributed by atoms with Gasteiger partial charge in [-0.05, 0) is 18.2 Å². The van der Waals surface area contributed by atoms with Gasteiger partial charge in [-0.2, -0.15) is 13.8 Å². The van der Waals surface area contributed by atoms with E-state index >= 15 is 8.78 Å². The van der Waals surface area contributed by atoms with Crippen LogP contribution in [0, 0.1) is 20.2 Å². The van der Waals surface area contributed by atoms with Crippen LogP contribution in [0.5, 0.6) is 0 Å². The predicted octanol–water partition coefficient (Wildman–Crippen LogP) is 2.28. The Morgan fingerprint density at radius 2 is 1.62 bits per heavy atom. The van der Waals surface area contributed by atoms with E-state index in [9.17, 15) is 34.7 Å². The first-order valence-electron chi connectivity index (χ1n) is 10.9. The third kappa shape index (κ3) is 6.06. The van der Waals surface area contributed by atoms with Crippen LogP contribution in [0.15, 0.2) is 50.2 Å². The van der Waals surface area contributed by atoms with E-state index in [1.807, 2.05) is 0 Å². The Morgan fingerprint density at radius 3 is 2.08 bits per heavy atom. The third-order valence-corrected chi connectivity index (χ3v) is 6.64. The van der Waals surface area contributed by atoms with Crippen LogP contribution in [0.2, 0.25) is 0 Å². The average molecular weight is 593 g/mol. The van der Waals surface area contributed by atoms with Gasteiger partial charge in [-0.15, -0.1) is 0 Å². The summed E-state index contributed by atoms with van der Waals surface area (Å²) < 4.78 is 75.0. The van der Waals surface area contributed by atoms with Crippen molar-refractivity contribution in [2.75, 3.05) is 12.3 Å². The van der Waals surface area contributed by atoms with Crippen LogP contribution < -0.4 is 11.4 Å². The average Bonchev–Trinajstić information content (AvgIpc) is 3.61. The number of alkyl halides is 2. The van der Waals surface area contributed by atoms with Gasteiger partial charge in [0.05, 0.1) is 18.7 Å². The molecule has 1 aliphatic rings. The highest BCUT2D eigenvalue weighted by Crippen LogP contribution is 2.57. The van der Waals surface area contributed by atoms with Crippen LogP contribution in [0.4, 0.5) is 26.4 Å². The van der Waals surface area contributed by atoms with Crippen molar-refractivity contribution >= 4 is 25.4 Å². The van der Waals surface area contributed by atoms with E-state index in [0.29, 0.717) is 4.57 Å². The largest absolute Gasteiger partial charge is 0.476 e. The number of ether oxygens (including phenoxy) is 1. The second kappa shape index (κ2) is 11.2. The molecule has 0 aliphatic carbocycles. The summed E-state index contributed by atoms with van der Waals surface area (Å²) in [6.45, 7) is -2.81. The molecule has 0 amide bonds. The summed E-state index contributed by atoms with van der Waals surface area (Å²) in [7, 11) is -5.15. The van der Waals surface area contributed by atoms with E-state index in [0.717, 1.165) is 36.5 Å². The molecule has 40 heavy (non-hydrogen) atoms. The zero-order valence-electron chi connectivity index (χ0n) is 19.7. The number of hydrogen-bond acceptors (Lipinski definition) is 15. The molecule has 0 bridgehead atoms. The summed E-state index contributed by atoms with van der Waals surface area (Å²) >= 11 is 0. The van der Waals surface area contributed by atoms with E-state index in [-0.39, 0.29) is 17.3 Å². The Balaban J connectivity index is 1.61. The van der Waals surface area contributed by atoms with Gasteiger partial charge < -0.3 is 24.4 Å². The lowest BCUT2D eigenvalue weighted by Gasteiger charge is -2.27. The maximum absolute atomic E-state index is 15.5. The van der Waals surface area contributed by atoms with Crippen molar-refractivity contribution in [3.05, 3.63) is 78.8 Å². The Bertz CT molecular complexity index is 1450. The maximum atomic E-state index is 15.5. The smallest absolute Gasteiger partial charge is 0.403 e. The number of nitrogens with two attached hydrogens (primary N) is 1. The normalized spacial score (nSPS) is 20.5. The first-order valence-corrected chi connectivity index (χ1v) is 12.3. The van der Waals surface area contributed by atoms with Crippen LogP contribution in [0.25, 0.3) is 0 Å². The van der Waals surface area contributed by atoms with E-state index in [2.05, 4.69) is 4.98 Å². The number of nitro groups is 2. The molecule has 216 valence electrons. The van der Waals surface area contributed by atoms with Crippen molar-refractivity contribution in [2.24, 2.45) is 0 Å². The van der Waals surface area contributed by atoms with Crippen LogP contribution >= 0.6 is 7.82 Å². The number of nitrogens with zero attached hydrogens (tertiary/aromatic N) is 4. The third-order valence-electron chi connectivity index (χ3n) is 5.26. The van der Waals surface area contributed by atoms with Crippen LogP contribution in [0.1, 0.15) is 17.7 Å². The molecule has 18 nitrogen and oxygen atoms in total. The molecular formula is C19H18F2N5O13P. The molecule has 4 heterocycles. The topological polar surface area (TPSA) is 248 Å². The number of halogens is 2. The number of furan rings is 2. The highest BCUT2D eigenvalue weighted by molar-refractivity contribution is 7.48. The zero-order valence-corrected chi connectivity index (χ0v) is 20.6. The molecule has 0 spiro atoms. The number of phosphoric acid groups is 1. The first-order chi connectivity index (χ1) is 18.8. The number of phosphoric ester groups is 1. The Hall–Kier alpha value is -4.07. The second-order valence-corrected chi connectivity index (χ2v) is 9.56. The second-order valence-electron chi connectivity index (χ2n) is 7.94. The molecule has 3 aromatic heterocycles. The summed E-state index contributed by atoms with van der Waals surface area (Å²) in [4.78, 5) is 35.4. The molecule has 3 aromatic rings. The molecule has 4 rings (SSSR count). The standard InChI is InChI=1S/C19H18F2N5O13P/c20-19(21)16(12(7-27)38-17(19)24-6-5-13(22)23-18(24)28)39-40(33,34-8-10-1-3-14(36-10)25(29)30)35-9-11-2-4-15(37-11)26(31)32/h1-6,12,16-17,27H,7-9H2,(H2,22,23,28)/t12-,16-,17-/m1/s1. The molecule has 1 saturated heterocycles. The number of aromatic nitrogens is 2. The van der Waals surface area contributed by atoms with Crippen molar-refractivity contribution in [1.29, 1.82) is 0 Å². The molecule has 0 radical (unpaired) electrons. The predicted molar refractivity (Wildman–Crippen MR) is 122 cm³/mol. The molecule has 3 N–H and O–H groups in total. The fourth-order valence-electron chi connectivity index (χ4n) is 3.46. The minimum absolute atomic E-state index is 0.267. The molecule has 1 aliphatic heterocycles. The monoisotopic (exact) mass is 593 g/mol. The molecular weight excluding hydrogens is 575 g/mol. The number of anilines is 1. The van der Waals surface area contributed by atoms with Crippen molar-refractivity contribution in [3.8, 4) is 0 Å². The number of hydrogen-bond donors (Lipinski definition) is 2. The quantitative estimate of drug-likeness (QED) is 0.174. The van der Waals surface area contributed by atoms with Gasteiger partial charge in [-0.1, -0.05) is 0 Å². The molecule has 0 aromatic carbocycles. The number of nitrogen functional groups attached to an aromatic ring is 1. The van der Waals surface area contributed by atoms with Gasteiger partial charge in [0.25, 0.3) is 0 Å². The summed E-state index contributed by atoms with van der Waals surface area (Å²) in [5, 5.41) is 31.4. The maximum Gasteiger partial charge on any atom is 0.476 e. The zero-order chi connectivity index (χ0) is 29.2. The minimum Gasteiger partial charge on any atom is -0.403 e. The van der Waals surface area contributed by atoms with Crippen LogP contribution in [-0.2, 0) is 36.1 Å². The minimum atomic E-state index is -5.15.